The van der Waals surface area contributed by atoms with Gasteiger partial charge in [-0.05, 0) is 36.9 Å². The number of carbonyl (C=O) groups excluding carboxylic acids is 1. The molecule has 3 aliphatic heterocycles. The molecule has 4 heterocycles. The summed E-state index contributed by atoms with van der Waals surface area (Å²) < 4.78 is 5.35. The van der Waals surface area contributed by atoms with Crippen molar-refractivity contribution in [2.45, 2.75) is 43.1 Å². The maximum Gasteiger partial charge on any atom is 0.324 e. The standard InChI is InChI=1S/C28H37N7O2S/c1-27(2,3)23-16-24(32-37-23)30-26(36)29-20-9-7-19(8-10-20)21-17-35-18-38-25-22(6-5-11-28(25,35)31-21)34-14-12-33(4)13-15-34/h5-11,16,21,25,31H,12-15,17-18H2,1-4H3,(H2,29,30,32,36). The number of allylic oxidation sites excluding steroid dienone is 2. The van der Waals surface area contributed by atoms with Crippen LogP contribution < -0.4 is 16.0 Å². The van der Waals surface area contributed by atoms with E-state index in [9.17, 15) is 4.79 Å². The highest BCUT2D eigenvalue weighted by atomic mass is 32.2. The summed E-state index contributed by atoms with van der Waals surface area (Å²) >= 11 is 2.04. The highest BCUT2D eigenvalue weighted by Crippen LogP contribution is 2.49. The lowest BCUT2D eigenvalue weighted by molar-refractivity contribution is 0.160. The number of nitrogens with one attached hydrogen (secondary N) is 3. The van der Waals surface area contributed by atoms with Crippen molar-refractivity contribution in [2.24, 2.45) is 0 Å². The molecule has 2 aromatic rings. The molecule has 1 aromatic carbocycles. The van der Waals surface area contributed by atoms with Crippen LogP contribution in [-0.4, -0.2) is 82.4 Å². The highest BCUT2D eigenvalue weighted by molar-refractivity contribution is 8.00. The molecule has 10 heteroatoms. The molecule has 0 bridgehead atoms. The van der Waals surface area contributed by atoms with Crippen molar-refractivity contribution in [3.8, 4) is 0 Å². The predicted molar refractivity (Wildman–Crippen MR) is 152 cm³/mol. The number of amides is 2. The van der Waals surface area contributed by atoms with E-state index in [0.717, 1.165) is 50.0 Å². The smallest absolute Gasteiger partial charge is 0.324 e. The summed E-state index contributed by atoms with van der Waals surface area (Å²) in [6, 6.07) is 9.76. The molecule has 38 heavy (non-hydrogen) atoms. The first-order valence-corrected chi connectivity index (χ1v) is 14.4. The molecule has 3 fully saturated rings. The van der Waals surface area contributed by atoms with Crippen LogP contribution in [0.2, 0.25) is 0 Å². The van der Waals surface area contributed by atoms with Crippen molar-refractivity contribution in [1.82, 2.24) is 25.2 Å². The van der Waals surface area contributed by atoms with E-state index in [-0.39, 0.29) is 23.2 Å². The van der Waals surface area contributed by atoms with Crippen LogP contribution in [0.1, 0.15) is 38.1 Å². The number of aromatic nitrogens is 1. The van der Waals surface area contributed by atoms with Crippen molar-refractivity contribution in [2.75, 3.05) is 56.3 Å². The Bertz CT molecular complexity index is 1240. The molecule has 0 saturated carbocycles. The number of urea groups is 1. The van der Waals surface area contributed by atoms with Gasteiger partial charge < -0.3 is 19.6 Å². The lowest BCUT2D eigenvalue weighted by Gasteiger charge is -2.43. The lowest BCUT2D eigenvalue weighted by atomic mass is 9.93. The molecule has 1 aliphatic carbocycles. The predicted octanol–water partition coefficient (Wildman–Crippen LogP) is 4.03. The molecule has 0 radical (unpaired) electrons. The van der Waals surface area contributed by atoms with Gasteiger partial charge in [0.15, 0.2) is 5.82 Å². The Balaban J connectivity index is 1.09. The lowest BCUT2D eigenvalue weighted by Crippen LogP contribution is -2.57. The van der Waals surface area contributed by atoms with Crippen LogP contribution in [0.4, 0.5) is 16.3 Å². The van der Waals surface area contributed by atoms with E-state index < -0.39 is 0 Å². The molecule has 3 saturated heterocycles. The molecule has 202 valence electrons. The van der Waals surface area contributed by atoms with E-state index in [0.29, 0.717) is 11.1 Å². The van der Waals surface area contributed by atoms with Gasteiger partial charge in [-0.25, -0.2) is 4.79 Å². The molecule has 2 amide bonds. The highest BCUT2D eigenvalue weighted by Gasteiger charge is 2.56. The van der Waals surface area contributed by atoms with Crippen molar-refractivity contribution >= 4 is 29.3 Å². The minimum absolute atomic E-state index is 0.150. The molecule has 3 N–H and O–H groups in total. The van der Waals surface area contributed by atoms with Crippen LogP contribution in [0.3, 0.4) is 0 Å². The third-order valence-electron chi connectivity index (χ3n) is 7.94. The molecule has 4 aliphatic rings. The Morgan fingerprint density at radius 1 is 1.16 bits per heavy atom. The SMILES string of the molecule is CN1CCN(C2=CC=CC34NC(c5ccc(NC(=O)Nc6cc(C(C)(C)C)on6)cc5)CN3CSC24)CC1. The normalized spacial score (nSPS) is 27.7. The second-order valence-corrected chi connectivity index (χ2v) is 12.8. The minimum Gasteiger partial charge on any atom is -0.371 e. The molecular formula is C28H37N7O2S. The zero-order valence-electron chi connectivity index (χ0n) is 22.5. The van der Waals surface area contributed by atoms with E-state index in [1.54, 1.807) is 6.07 Å². The Hall–Kier alpha value is -2.79. The topological polar surface area (TPSA) is 88.9 Å². The van der Waals surface area contributed by atoms with Gasteiger partial charge in [0, 0.05) is 67.5 Å². The Kier molecular flexibility index (Phi) is 6.54. The summed E-state index contributed by atoms with van der Waals surface area (Å²) in [6.45, 7) is 11.5. The number of hydrogen-bond donors (Lipinski definition) is 3. The zero-order valence-corrected chi connectivity index (χ0v) is 23.3. The summed E-state index contributed by atoms with van der Waals surface area (Å²) in [5.41, 5.74) is 3.08. The summed E-state index contributed by atoms with van der Waals surface area (Å²) in [7, 11) is 2.20. The van der Waals surface area contributed by atoms with Crippen LogP contribution in [0.5, 0.6) is 0 Å². The second-order valence-electron chi connectivity index (χ2n) is 11.7. The minimum atomic E-state index is -0.347. The third-order valence-corrected chi connectivity index (χ3v) is 9.34. The van der Waals surface area contributed by atoms with E-state index >= 15 is 0 Å². The first-order valence-electron chi connectivity index (χ1n) is 13.3. The fraction of sp³-hybridized carbons (Fsp3) is 0.500. The summed E-state index contributed by atoms with van der Waals surface area (Å²) in [6.07, 6.45) is 6.91. The van der Waals surface area contributed by atoms with Gasteiger partial charge in [0.1, 0.15) is 11.4 Å². The van der Waals surface area contributed by atoms with E-state index in [2.05, 4.69) is 73.2 Å². The van der Waals surface area contributed by atoms with Gasteiger partial charge >= 0.3 is 6.03 Å². The maximum absolute atomic E-state index is 12.5. The number of nitrogens with zero attached hydrogens (tertiary/aromatic N) is 4. The van der Waals surface area contributed by atoms with Gasteiger partial charge in [-0.2, -0.15) is 0 Å². The van der Waals surface area contributed by atoms with Gasteiger partial charge in [0.2, 0.25) is 0 Å². The molecule has 3 unspecified atom stereocenters. The summed E-state index contributed by atoms with van der Waals surface area (Å²) in [4.78, 5) is 20.1. The average molecular weight is 536 g/mol. The number of thioether (sulfide) groups is 1. The molecule has 6 rings (SSSR count). The van der Waals surface area contributed by atoms with Gasteiger partial charge in [0.05, 0.1) is 5.25 Å². The van der Waals surface area contributed by atoms with Crippen LogP contribution in [0.25, 0.3) is 0 Å². The fourth-order valence-electron chi connectivity index (χ4n) is 5.70. The van der Waals surface area contributed by atoms with Crippen LogP contribution in [-0.2, 0) is 5.41 Å². The van der Waals surface area contributed by atoms with Crippen molar-refractivity contribution < 1.29 is 9.32 Å². The number of rotatable bonds is 4. The third kappa shape index (κ3) is 4.75. The van der Waals surface area contributed by atoms with E-state index in [1.165, 1.54) is 11.3 Å². The summed E-state index contributed by atoms with van der Waals surface area (Å²) in [5.74, 6) is 2.14. The van der Waals surface area contributed by atoms with Gasteiger partial charge in [-0.3, -0.25) is 15.5 Å². The maximum atomic E-state index is 12.5. The Morgan fingerprint density at radius 3 is 2.63 bits per heavy atom. The number of hydrogen-bond acceptors (Lipinski definition) is 8. The molecule has 1 aromatic heterocycles. The van der Waals surface area contributed by atoms with Crippen LogP contribution >= 0.6 is 11.8 Å². The quantitative estimate of drug-likeness (QED) is 0.541. The first kappa shape index (κ1) is 25.5. The Labute approximate surface area is 228 Å². The van der Waals surface area contributed by atoms with E-state index in [1.807, 2.05) is 44.7 Å². The van der Waals surface area contributed by atoms with Gasteiger partial charge in [-0.15, -0.1) is 11.8 Å². The van der Waals surface area contributed by atoms with Crippen LogP contribution in [0, 0.1) is 0 Å². The van der Waals surface area contributed by atoms with Gasteiger partial charge in [0.25, 0.3) is 0 Å². The van der Waals surface area contributed by atoms with Crippen molar-refractivity contribution in [1.29, 1.82) is 0 Å². The number of benzene rings is 1. The zero-order chi connectivity index (χ0) is 26.5. The van der Waals surface area contributed by atoms with Crippen molar-refractivity contribution in [3.63, 3.8) is 0 Å². The monoisotopic (exact) mass is 535 g/mol. The van der Waals surface area contributed by atoms with Gasteiger partial charge in [-0.1, -0.05) is 44.1 Å². The first-order chi connectivity index (χ1) is 18.2. The molecule has 9 nitrogen and oxygen atoms in total. The number of anilines is 2. The molecule has 3 atom stereocenters. The van der Waals surface area contributed by atoms with Crippen LogP contribution in [0.15, 0.2) is 58.8 Å². The largest absolute Gasteiger partial charge is 0.371 e. The average Bonchev–Trinajstić information content (AvgIpc) is 3.58. The second kappa shape index (κ2) is 9.75. The summed E-state index contributed by atoms with van der Waals surface area (Å²) in [5, 5.41) is 14.0. The molecular weight excluding hydrogens is 498 g/mol. The fourth-order valence-corrected chi connectivity index (χ4v) is 7.30. The molecule has 1 spiro atoms. The number of carbonyl (C=O) groups is 1. The van der Waals surface area contributed by atoms with Crippen molar-refractivity contribution in [3.05, 3.63) is 65.6 Å². The number of likely N-dealkylation sites (N-methyl/N-ethyl adjacent to an activating group) is 1. The Morgan fingerprint density at radius 2 is 1.92 bits per heavy atom. The number of piperazine rings is 1. The van der Waals surface area contributed by atoms with E-state index in [4.69, 9.17) is 4.52 Å².